The molecule has 0 spiro atoms. The number of ether oxygens (including phenoxy) is 4. The van der Waals surface area contributed by atoms with Crippen molar-refractivity contribution < 1.29 is 90.1 Å². The number of hydrogen-bond donors (Lipinski definition) is 13. The fourth-order valence-corrected chi connectivity index (χ4v) is 9.79. The van der Waals surface area contributed by atoms with Crippen molar-refractivity contribution in [3.8, 4) is 74.7 Å². The van der Waals surface area contributed by atoms with Crippen molar-refractivity contribution in [1.29, 1.82) is 0 Å². The van der Waals surface area contributed by atoms with E-state index in [0.717, 1.165) is 30.3 Å². The maximum absolute atomic E-state index is 12.6. The SMILES string of the molecule is O=C(O)CC1c2c(O)cc(O)c(C3c4c(O)cc5c(c4OC(c4ccc(O)cc4)C3O)C3c4c(O)cc(O)cc4OC(c4ccc(O)cc4)(O5)C3O)c2OC(c2ccc(O)c(O)c2)C1O. The smallest absolute Gasteiger partial charge is 0.305 e. The molecule has 18 heteroatoms. The highest BCUT2D eigenvalue weighted by molar-refractivity contribution is 5.74. The molecule has 10 rings (SSSR count). The Balaban J connectivity index is 1.26. The summed E-state index contributed by atoms with van der Waals surface area (Å²) < 4.78 is 25.9. The molecule has 0 amide bonds. The molecule has 0 radical (unpaired) electrons. The van der Waals surface area contributed by atoms with E-state index >= 15 is 0 Å². The molecule has 9 atom stereocenters. The highest BCUT2D eigenvalue weighted by Gasteiger charge is 2.61. The van der Waals surface area contributed by atoms with Crippen LogP contribution >= 0.6 is 0 Å². The Morgan fingerprint density at radius 1 is 0.492 bits per heavy atom. The lowest BCUT2D eigenvalue weighted by Gasteiger charge is -2.51. The standard InChI is InChI=1S/C47H38O18/c48-20-6-1-17(2-7-20)42-41(60)38(35-28(55)15-27(54)33-23(14-32(57)58)40(59)43(63-44(33)35)18-3-10-24(51)25(52)11-18)36-29(56)16-31-37(45(36)62-42)39-34-26(53)12-22(50)13-30(34)64-47(65-31,46(39)61)19-4-8-21(49)9-5-19/h1-13,15-16,23,38-43,46,48-56,59-61H,14H2,(H,57,58). The van der Waals surface area contributed by atoms with Gasteiger partial charge in [0.15, 0.2) is 23.7 Å². The molecule has 0 saturated carbocycles. The van der Waals surface area contributed by atoms with Crippen molar-refractivity contribution in [2.24, 2.45) is 0 Å². The van der Waals surface area contributed by atoms with Crippen LogP contribution in [0.5, 0.6) is 74.7 Å². The number of phenolic OH excluding ortho intramolecular Hbond substituents is 9. The van der Waals surface area contributed by atoms with E-state index in [2.05, 4.69) is 0 Å². The van der Waals surface area contributed by atoms with Gasteiger partial charge in [-0.05, 0) is 59.7 Å². The fraction of sp³-hybridized carbons (Fsp3) is 0.213. The first-order valence-electron chi connectivity index (χ1n) is 20.1. The molecule has 18 nitrogen and oxygen atoms in total. The van der Waals surface area contributed by atoms with Gasteiger partial charge in [-0.2, -0.15) is 0 Å². The summed E-state index contributed by atoms with van der Waals surface area (Å²) in [5.41, 5.74) is -0.592. The van der Waals surface area contributed by atoms with Crippen LogP contribution in [0.4, 0.5) is 0 Å². The highest BCUT2D eigenvalue weighted by Crippen LogP contribution is 2.65. The average Bonchev–Trinajstić information content (AvgIpc) is 3.24. The number of aliphatic hydroxyl groups excluding tert-OH is 3. The molecule has 4 heterocycles. The number of phenols is 9. The van der Waals surface area contributed by atoms with Gasteiger partial charge >= 0.3 is 11.8 Å². The predicted octanol–water partition coefficient (Wildman–Crippen LogP) is 4.85. The second-order valence-electron chi connectivity index (χ2n) is 16.4. The summed E-state index contributed by atoms with van der Waals surface area (Å²) in [4.78, 5) is 12.4. The van der Waals surface area contributed by atoms with Gasteiger partial charge in [0.25, 0.3) is 0 Å². The van der Waals surface area contributed by atoms with Gasteiger partial charge in [0, 0.05) is 63.6 Å². The molecule has 4 aliphatic heterocycles. The molecule has 6 aromatic rings. The van der Waals surface area contributed by atoms with Crippen molar-refractivity contribution in [3.05, 3.63) is 136 Å². The molecule has 0 aliphatic carbocycles. The predicted molar refractivity (Wildman–Crippen MR) is 220 cm³/mol. The van der Waals surface area contributed by atoms with Crippen LogP contribution in [-0.4, -0.2) is 90.7 Å². The molecule has 0 aromatic heterocycles. The summed E-state index contributed by atoms with van der Waals surface area (Å²) >= 11 is 0. The lowest BCUT2D eigenvalue weighted by Crippen LogP contribution is -2.57. The maximum atomic E-state index is 12.6. The number of aromatic hydroxyl groups is 9. The Morgan fingerprint density at radius 2 is 1.03 bits per heavy atom. The van der Waals surface area contributed by atoms with Crippen molar-refractivity contribution in [1.82, 2.24) is 0 Å². The Morgan fingerprint density at radius 3 is 1.66 bits per heavy atom. The van der Waals surface area contributed by atoms with Crippen molar-refractivity contribution in [2.75, 3.05) is 0 Å². The van der Waals surface area contributed by atoms with Gasteiger partial charge in [0.2, 0.25) is 0 Å². The monoisotopic (exact) mass is 890 g/mol. The molecular weight excluding hydrogens is 852 g/mol. The van der Waals surface area contributed by atoms with Gasteiger partial charge in [-0.25, -0.2) is 0 Å². The van der Waals surface area contributed by atoms with E-state index in [9.17, 15) is 71.2 Å². The number of benzene rings is 6. The molecule has 6 aromatic carbocycles. The van der Waals surface area contributed by atoms with Gasteiger partial charge in [0.1, 0.15) is 81.6 Å². The summed E-state index contributed by atoms with van der Waals surface area (Å²) in [6.07, 6.45) is -9.19. The average molecular weight is 891 g/mol. The summed E-state index contributed by atoms with van der Waals surface area (Å²) in [6.45, 7) is 0. The zero-order valence-corrected chi connectivity index (χ0v) is 33.3. The molecule has 0 fully saturated rings. The molecule has 2 bridgehead atoms. The maximum Gasteiger partial charge on any atom is 0.305 e. The number of aliphatic carboxylic acids is 1. The van der Waals surface area contributed by atoms with Crippen molar-refractivity contribution in [3.63, 3.8) is 0 Å². The second-order valence-corrected chi connectivity index (χ2v) is 16.4. The first-order valence-corrected chi connectivity index (χ1v) is 20.1. The number of fused-ring (bicyclic) bond motifs is 9. The van der Waals surface area contributed by atoms with E-state index in [1.54, 1.807) is 0 Å². The van der Waals surface area contributed by atoms with Crippen LogP contribution in [0.1, 0.15) is 80.9 Å². The van der Waals surface area contributed by atoms with Crippen LogP contribution < -0.4 is 18.9 Å². The van der Waals surface area contributed by atoms with Gasteiger partial charge < -0.3 is 85.3 Å². The molecule has 0 saturated heterocycles. The van der Waals surface area contributed by atoms with Crippen LogP contribution in [0.15, 0.2) is 91.0 Å². The lowest BCUT2D eigenvalue weighted by molar-refractivity contribution is -0.219. The third-order valence-electron chi connectivity index (χ3n) is 12.6. The Kier molecular flexibility index (Phi) is 9.21. The Hall–Kier alpha value is -7.93. The third kappa shape index (κ3) is 6.16. The molecule has 13 N–H and O–H groups in total. The van der Waals surface area contributed by atoms with Gasteiger partial charge in [-0.15, -0.1) is 0 Å². The lowest BCUT2D eigenvalue weighted by atomic mass is 9.71. The largest absolute Gasteiger partial charge is 0.508 e. The van der Waals surface area contributed by atoms with Gasteiger partial charge in [-0.3, -0.25) is 4.79 Å². The summed E-state index contributed by atoms with van der Waals surface area (Å²) in [5.74, 6) is -13.6. The normalized spacial score (nSPS) is 25.8. The minimum Gasteiger partial charge on any atom is -0.508 e. The van der Waals surface area contributed by atoms with Crippen LogP contribution in [0.2, 0.25) is 0 Å². The van der Waals surface area contributed by atoms with Gasteiger partial charge in [-0.1, -0.05) is 18.2 Å². The van der Waals surface area contributed by atoms with Crippen LogP contribution in [-0.2, 0) is 10.6 Å². The molecule has 9 unspecified atom stereocenters. The Labute approximate surface area is 366 Å². The number of aliphatic hydroxyl groups is 3. The molecule has 65 heavy (non-hydrogen) atoms. The quantitative estimate of drug-likeness (QED) is 0.0994. The second kappa shape index (κ2) is 14.6. The molecule has 4 aliphatic rings. The van der Waals surface area contributed by atoms with Crippen molar-refractivity contribution in [2.45, 2.75) is 60.5 Å². The van der Waals surface area contributed by atoms with E-state index in [1.165, 1.54) is 60.7 Å². The first-order chi connectivity index (χ1) is 31.0. The molecular formula is C47H38O18. The van der Waals surface area contributed by atoms with Gasteiger partial charge in [0.05, 0.1) is 18.3 Å². The van der Waals surface area contributed by atoms with Crippen molar-refractivity contribution >= 4 is 5.97 Å². The van der Waals surface area contributed by atoms with E-state index < -0.39 is 112 Å². The van der Waals surface area contributed by atoms with E-state index in [1.807, 2.05) is 0 Å². The summed E-state index contributed by atoms with van der Waals surface area (Å²) in [6, 6.07) is 18.6. The minimum atomic E-state index is -2.16. The summed E-state index contributed by atoms with van der Waals surface area (Å²) in [5, 5.41) is 146. The topological polar surface area (TPSA) is 317 Å². The van der Waals surface area contributed by atoms with E-state index in [0.29, 0.717) is 0 Å². The zero-order valence-electron chi connectivity index (χ0n) is 33.3. The van der Waals surface area contributed by atoms with Crippen LogP contribution in [0.3, 0.4) is 0 Å². The number of hydrogen-bond acceptors (Lipinski definition) is 17. The number of carbonyl (C=O) groups is 1. The van der Waals surface area contributed by atoms with Crippen LogP contribution in [0, 0.1) is 0 Å². The molecule has 334 valence electrons. The minimum absolute atomic E-state index is 0.0294. The van der Waals surface area contributed by atoms with Crippen LogP contribution in [0.25, 0.3) is 0 Å². The van der Waals surface area contributed by atoms with E-state index in [-0.39, 0.29) is 73.3 Å². The van der Waals surface area contributed by atoms with E-state index in [4.69, 9.17) is 18.9 Å². The number of rotatable bonds is 6. The fourth-order valence-electron chi connectivity index (χ4n) is 9.79. The highest BCUT2D eigenvalue weighted by atomic mass is 16.7. The number of carboxylic acids is 1. The Bertz CT molecular complexity index is 2930. The summed E-state index contributed by atoms with van der Waals surface area (Å²) in [7, 11) is 0. The number of carboxylic acid groups (broad SMARTS) is 1. The third-order valence-corrected chi connectivity index (χ3v) is 12.6. The zero-order chi connectivity index (χ0) is 46.0. The first kappa shape index (κ1) is 41.1.